The lowest BCUT2D eigenvalue weighted by atomic mass is 10.2. The Balaban J connectivity index is 2.24. The van der Waals surface area contributed by atoms with Gasteiger partial charge in [0.25, 0.3) is 0 Å². The molecule has 6 nitrogen and oxygen atoms in total. The maximum Gasteiger partial charge on any atom is 0.330 e. The average Bonchev–Trinajstić information content (AvgIpc) is 2.40. The fourth-order valence-electron chi connectivity index (χ4n) is 1.44. The van der Waals surface area contributed by atoms with Gasteiger partial charge in [-0.3, -0.25) is 0 Å². The van der Waals surface area contributed by atoms with E-state index in [1.54, 1.807) is 12.1 Å². The van der Waals surface area contributed by atoms with Crippen molar-refractivity contribution in [3.05, 3.63) is 28.8 Å². The number of nitrogen functional groups attached to an aromatic ring is 1. The first-order valence-corrected chi connectivity index (χ1v) is 6.54. The largest absolute Gasteiger partial charge is 0.463 e. The fraction of sp³-hybridized carbons (Fsp3) is 0.308. The summed E-state index contributed by atoms with van der Waals surface area (Å²) in [6.45, 7) is 4.38. The van der Waals surface area contributed by atoms with Gasteiger partial charge in [-0.2, -0.15) is 9.97 Å². The maximum atomic E-state index is 5.93. The Bertz CT molecular complexity index is 607. The maximum absolute atomic E-state index is 5.93. The van der Waals surface area contributed by atoms with E-state index in [2.05, 4.69) is 15.0 Å². The van der Waals surface area contributed by atoms with Crippen LogP contribution in [-0.4, -0.2) is 21.6 Å². The molecule has 1 aromatic carbocycles. The van der Waals surface area contributed by atoms with E-state index in [-0.39, 0.29) is 18.0 Å². The van der Waals surface area contributed by atoms with Crippen LogP contribution in [-0.2, 0) is 0 Å². The molecular weight excluding hydrogens is 280 g/mol. The first kappa shape index (κ1) is 14.3. The zero-order chi connectivity index (χ0) is 14.5. The zero-order valence-electron chi connectivity index (χ0n) is 11.3. The molecule has 0 fully saturated rings. The van der Waals surface area contributed by atoms with Crippen molar-refractivity contribution in [2.24, 2.45) is 0 Å². The highest BCUT2D eigenvalue weighted by Gasteiger charge is 2.09. The van der Waals surface area contributed by atoms with Gasteiger partial charge in [-0.1, -0.05) is 24.6 Å². The van der Waals surface area contributed by atoms with Crippen molar-refractivity contribution in [3.63, 3.8) is 0 Å². The average molecular weight is 295 g/mol. The van der Waals surface area contributed by atoms with E-state index in [1.807, 2.05) is 19.9 Å². The Morgan fingerprint density at radius 1 is 1.20 bits per heavy atom. The van der Waals surface area contributed by atoms with E-state index in [9.17, 15) is 0 Å². The van der Waals surface area contributed by atoms with Gasteiger partial charge in [0, 0.05) is 5.02 Å². The van der Waals surface area contributed by atoms with Gasteiger partial charge in [0.2, 0.25) is 5.95 Å². The fourth-order valence-corrected chi connectivity index (χ4v) is 1.60. The smallest absolute Gasteiger partial charge is 0.330 e. The van der Waals surface area contributed by atoms with Crippen LogP contribution in [0.2, 0.25) is 5.02 Å². The zero-order valence-corrected chi connectivity index (χ0v) is 12.0. The van der Waals surface area contributed by atoms with Crippen LogP contribution in [0.3, 0.4) is 0 Å². The molecule has 0 amide bonds. The highest BCUT2D eigenvalue weighted by molar-refractivity contribution is 6.30. The summed E-state index contributed by atoms with van der Waals surface area (Å²) in [4.78, 5) is 11.8. The molecular formula is C13H15ClN4O2. The molecule has 106 valence electrons. The molecule has 0 aliphatic rings. The third-order valence-corrected chi connectivity index (χ3v) is 2.63. The Morgan fingerprint density at radius 2 is 1.95 bits per heavy atom. The molecule has 0 saturated heterocycles. The number of nitrogens with two attached hydrogens (primary N) is 1. The number of rotatable bonds is 5. The minimum absolute atomic E-state index is 0.0424. The van der Waals surface area contributed by atoms with Gasteiger partial charge in [-0.15, -0.1) is 4.98 Å². The van der Waals surface area contributed by atoms with Gasteiger partial charge in [0.1, 0.15) is 5.75 Å². The second-order valence-electron chi connectivity index (χ2n) is 4.12. The lowest BCUT2D eigenvalue weighted by Gasteiger charge is -2.09. The second-order valence-corrected chi connectivity index (χ2v) is 4.56. The number of benzene rings is 1. The number of halogens is 1. The Kier molecular flexibility index (Phi) is 4.57. The van der Waals surface area contributed by atoms with Gasteiger partial charge in [0.05, 0.1) is 6.61 Å². The SMILES string of the molecule is CCCOc1nc(N)nc(Oc2cc(Cl)ccc2C)n1. The van der Waals surface area contributed by atoms with Crippen LogP contribution in [0, 0.1) is 6.92 Å². The molecule has 1 heterocycles. The first-order chi connectivity index (χ1) is 9.58. The third kappa shape index (κ3) is 3.71. The summed E-state index contributed by atoms with van der Waals surface area (Å²) in [5, 5.41) is 0.565. The quantitative estimate of drug-likeness (QED) is 0.912. The molecule has 0 bridgehead atoms. The summed E-state index contributed by atoms with van der Waals surface area (Å²) >= 11 is 5.93. The van der Waals surface area contributed by atoms with Crippen molar-refractivity contribution in [1.29, 1.82) is 0 Å². The molecule has 2 aromatic rings. The van der Waals surface area contributed by atoms with E-state index in [0.29, 0.717) is 17.4 Å². The summed E-state index contributed by atoms with van der Waals surface area (Å²) in [5.74, 6) is 0.602. The van der Waals surface area contributed by atoms with Crippen molar-refractivity contribution < 1.29 is 9.47 Å². The number of hydrogen-bond donors (Lipinski definition) is 1. The Morgan fingerprint density at radius 3 is 2.70 bits per heavy atom. The number of anilines is 1. The predicted molar refractivity (Wildman–Crippen MR) is 76.3 cm³/mol. The molecule has 0 spiro atoms. The van der Waals surface area contributed by atoms with E-state index < -0.39 is 0 Å². The molecule has 0 radical (unpaired) electrons. The van der Waals surface area contributed by atoms with Gasteiger partial charge in [-0.25, -0.2) is 0 Å². The van der Waals surface area contributed by atoms with Crippen molar-refractivity contribution in [3.8, 4) is 17.8 Å². The molecule has 2 rings (SSSR count). The van der Waals surface area contributed by atoms with Crippen LogP contribution < -0.4 is 15.2 Å². The van der Waals surface area contributed by atoms with E-state index in [4.69, 9.17) is 26.8 Å². The number of ether oxygens (including phenoxy) is 2. The van der Waals surface area contributed by atoms with Crippen LogP contribution in [0.4, 0.5) is 5.95 Å². The number of nitrogens with zero attached hydrogens (tertiary/aromatic N) is 3. The van der Waals surface area contributed by atoms with Crippen LogP contribution in [0.15, 0.2) is 18.2 Å². The molecule has 20 heavy (non-hydrogen) atoms. The summed E-state index contributed by atoms with van der Waals surface area (Å²) in [6.07, 6.45) is 0.842. The summed E-state index contributed by atoms with van der Waals surface area (Å²) in [6, 6.07) is 5.53. The molecule has 0 aliphatic heterocycles. The molecule has 1 aromatic heterocycles. The van der Waals surface area contributed by atoms with Crippen LogP contribution in [0.5, 0.6) is 17.8 Å². The van der Waals surface area contributed by atoms with Crippen molar-refractivity contribution >= 4 is 17.5 Å². The van der Waals surface area contributed by atoms with Gasteiger partial charge >= 0.3 is 12.0 Å². The number of aromatic nitrogens is 3. The topological polar surface area (TPSA) is 83.2 Å². The Labute approximate surface area is 121 Å². The normalized spacial score (nSPS) is 10.3. The molecule has 0 unspecified atom stereocenters. The number of hydrogen-bond acceptors (Lipinski definition) is 6. The predicted octanol–water partition coefficient (Wildman–Crippen LogP) is 3.00. The van der Waals surface area contributed by atoms with Crippen LogP contribution in [0.1, 0.15) is 18.9 Å². The first-order valence-electron chi connectivity index (χ1n) is 6.17. The van der Waals surface area contributed by atoms with Gasteiger partial charge in [-0.05, 0) is 31.0 Å². The van der Waals surface area contributed by atoms with Crippen LogP contribution >= 0.6 is 11.6 Å². The molecule has 0 saturated carbocycles. The number of aryl methyl sites for hydroxylation is 1. The molecule has 7 heteroatoms. The molecule has 2 N–H and O–H groups in total. The van der Waals surface area contributed by atoms with Crippen molar-refractivity contribution in [1.82, 2.24) is 15.0 Å². The van der Waals surface area contributed by atoms with E-state index in [0.717, 1.165) is 12.0 Å². The summed E-state index contributed by atoms with van der Waals surface area (Å²) in [7, 11) is 0. The molecule has 0 aliphatic carbocycles. The minimum atomic E-state index is 0.0424. The van der Waals surface area contributed by atoms with Crippen molar-refractivity contribution in [2.75, 3.05) is 12.3 Å². The van der Waals surface area contributed by atoms with Gasteiger partial charge in [0.15, 0.2) is 0 Å². The second kappa shape index (κ2) is 6.38. The monoisotopic (exact) mass is 294 g/mol. The molecule has 0 atom stereocenters. The minimum Gasteiger partial charge on any atom is -0.463 e. The lowest BCUT2D eigenvalue weighted by molar-refractivity contribution is 0.285. The Hall–Kier alpha value is -2.08. The van der Waals surface area contributed by atoms with E-state index in [1.165, 1.54) is 0 Å². The summed E-state index contributed by atoms with van der Waals surface area (Å²) in [5.41, 5.74) is 6.51. The lowest BCUT2D eigenvalue weighted by Crippen LogP contribution is -2.06. The highest BCUT2D eigenvalue weighted by atomic mass is 35.5. The van der Waals surface area contributed by atoms with E-state index >= 15 is 0 Å². The van der Waals surface area contributed by atoms with Crippen LogP contribution in [0.25, 0.3) is 0 Å². The standard InChI is InChI=1S/C13H15ClN4O2/c1-3-6-19-12-16-11(15)17-13(18-12)20-10-7-9(14)5-4-8(10)2/h4-5,7H,3,6H2,1-2H3,(H2,15,16,17,18). The van der Waals surface area contributed by atoms with Crippen molar-refractivity contribution in [2.45, 2.75) is 20.3 Å². The third-order valence-electron chi connectivity index (χ3n) is 2.40. The van der Waals surface area contributed by atoms with Gasteiger partial charge < -0.3 is 15.2 Å². The highest BCUT2D eigenvalue weighted by Crippen LogP contribution is 2.26. The summed E-state index contributed by atoms with van der Waals surface area (Å²) < 4.78 is 10.9.